The van der Waals surface area contributed by atoms with E-state index >= 15 is 0 Å². The van der Waals surface area contributed by atoms with Gasteiger partial charge in [-0.15, -0.1) is 0 Å². The third kappa shape index (κ3) is 2.49. The number of hydrogen-bond donors (Lipinski definition) is 1. The molecule has 0 saturated carbocycles. The van der Waals surface area contributed by atoms with Crippen LogP contribution in [0.1, 0.15) is 24.0 Å². The van der Waals surface area contributed by atoms with Crippen LogP contribution in [0.5, 0.6) is 0 Å². The molecule has 0 bridgehead atoms. The Hall–Kier alpha value is -1.81. The summed E-state index contributed by atoms with van der Waals surface area (Å²) in [6, 6.07) is 8.27. The predicted octanol–water partition coefficient (Wildman–Crippen LogP) is 2.36. The summed E-state index contributed by atoms with van der Waals surface area (Å²) in [5, 5.41) is 4.42. The first-order valence-electron chi connectivity index (χ1n) is 6.86. The van der Waals surface area contributed by atoms with Gasteiger partial charge in [0.25, 0.3) is 0 Å². The first kappa shape index (κ1) is 12.2. The monoisotopic (exact) mass is 256 g/mol. The molecule has 0 unspecified atom stereocenters. The number of benzene rings is 1. The van der Waals surface area contributed by atoms with Gasteiger partial charge in [-0.3, -0.25) is 4.90 Å². The third-order valence-electron chi connectivity index (χ3n) is 3.76. The summed E-state index contributed by atoms with van der Waals surface area (Å²) in [7, 11) is 0. The van der Waals surface area contributed by atoms with Crippen molar-refractivity contribution in [2.75, 3.05) is 18.8 Å². The summed E-state index contributed by atoms with van der Waals surface area (Å²) < 4.78 is 1.82. The zero-order chi connectivity index (χ0) is 13.2. The largest absolute Gasteiger partial charge is 0.383 e. The van der Waals surface area contributed by atoms with Crippen LogP contribution in [0.2, 0.25) is 0 Å². The Morgan fingerprint density at radius 3 is 2.53 bits per heavy atom. The van der Waals surface area contributed by atoms with Gasteiger partial charge < -0.3 is 5.73 Å². The van der Waals surface area contributed by atoms with Gasteiger partial charge in [-0.2, -0.15) is 5.10 Å². The SMILES string of the molecule is Cc1ccc(-n2ncc(CN3CCCC3)c2N)cc1. The van der Waals surface area contributed by atoms with Crippen molar-refractivity contribution in [1.29, 1.82) is 0 Å². The van der Waals surface area contributed by atoms with Crippen molar-refractivity contribution in [2.24, 2.45) is 0 Å². The maximum absolute atomic E-state index is 6.23. The number of nitrogen functional groups attached to an aromatic ring is 1. The van der Waals surface area contributed by atoms with E-state index in [4.69, 9.17) is 5.73 Å². The fourth-order valence-corrected chi connectivity index (χ4v) is 2.59. The van der Waals surface area contributed by atoms with Crippen molar-refractivity contribution in [3.63, 3.8) is 0 Å². The smallest absolute Gasteiger partial charge is 0.131 e. The molecule has 2 heterocycles. The maximum Gasteiger partial charge on any atom is 0.131 e. The molecule has 2 aromatic rings. The Morgan fingerprint density at radius 1 is 1.16 bits per heavy atom. The third-order valence-corrected chi connectivity index (χ3v) is 3.76. The number of hydrogen-bond acceptors (Lipinski definition) is 3. The van der Waals surface area contributed by atoms with Crippen LogP contribution in [0.3, 0.4) is 0 Å². The Bertz CT molecular complexity index is 550. The highest BCUT2D eigenvalue weighted by Crippen LogP contribution is 2.20. The second kappa shape index (κ2) is 5.05. The van der Waals surface area contributed by atoms with E-state index in [0.717, 1.165) is 23.6 Å². The molecule has 0 atom stereocenters. The molecule has 4 nitrogen and oxygen atoms in total. The maximum atomic E-state index is 6.23. The van der Waals surface area contributed by atoms with E-state index < -0.39 is 0 Å². The molecule has 4 heteroatoms. The summed E-state index contributed by atoms with van der Waals surface area (Å²) in [5.41, 5.74) is 9.62. The van der Waals surface area contributed by atoms with Gasteiger partial charge >= 0.3 is 0 Å². The number of anilines is 1. The predicted molar refractivity (Wildman–Crippen MR) is 77.2 cm³/mol. The minimum atomic E-state index is 0.760. The van der Waals surface area contributed by atoms with Crippen LogP contribution < -0.4 is 5.73 Å². The van der Waals surface area contributed by atoms with Crippen LogP contribution in [-0.4, -0.2) is 27.8 Å². The van der Waals surface area contributed by atoms with E-state index in [1.54, 1.807) is 0 Å². The molecule has 0 amide bonds. The van der Waals surface area contributed by atoms with E-state index in [9.17, 15) is 0 Å². The molecular weight excluding hydrogens is 236 g/mol. The molecule has 1 fully saturated rings. The fourth-order valence-electron chi connectivity index (χ4n) is 2.59. The number of aromatic nitrogens is 2. The van der Waals surface area contributed by atoms with Gasteiger partial charge in [0.1, 0.15) is 5.82 Å². The second-order valence-corrected chi connectivity index (χ2v) is 5.29. The van der Waals surface area contributed by atoms with Gasteiger partial charge in [-0.25, -0.2) is 4.68 Å². The van der Waals surface area contributed by atoms with Gasteiger partial charge in [-0.05, 0) is 45.0 Å². The highest BCUT2D eigenvalue weighted by atomic mass is 15.3. The number of likely N-dealkylation sites (tertiary alicyclic amines) is 1. The van der Waals surface area contributed by atoms with Gasteiger partial charge in [0.2, 0.25) is 0 Å². The lowest BCUT2D eigenvalue weighted by atomic mass is 10.2. The quantitative estimate of drug-likeness (QED) is 0.917. The highest BCUT2D eigenvalue weighted by molar-refractivity contribution is 5.47. The van der Waals surface area contributed by atoms with Crippen LogP contribution in [0.25, 0.3) is 5.69 Å². The van der Waals surface area contributed by atoms with Crippen LogP contribution in [-0.2, 0) is 6.54 Å². The minimum Gasteiger partial charge on any atom is -0.383 e. The summed E-state index contributed by atoms with van der Waals surface area (Å²) >= 11 is 0. The first-order valence-corrected chi connectivity index (χ1v) is 6.86. The van der Waals surface area contributed by atoms with Crippen molar-refractivity contribution in [3.05, 3.63) is 41.6 Å². The minimum absolute atomic E-state index is 0.760. The first-order chi connectivity index (χ1) is 9.24. The Labute approximate surface area is 113 Å². The molecule has 0 aliphatic carbocycles. The van der Waals surface area contributed by atoms with E-state index in [2.05, 4.69) is 41.2 Å². The average Bonchev–Trinajstić information content (AvgIpc) is 3.03. The molecule has 0 radical (unpaired) electrons. The molecule has 100 valence electrons. The topological polar surface area (TPSA) is 47.1 Å². The summed E-state index contributed by atoms with van der Waals surface area (Å²) in [6.07, 6.45) is 4.49. The number of rotatable bonds is 3. The summed E-state index contributed by atoms with van der Waals surface area (Å²) in [6.45, 7) is 5.34. The van der Waals surface area contributed by atoms with E-state index in [1.807, 2.05) is 10.9 Å². The standard InChI is InChI=1S/C15H20N4/c1-12-4-6-14(7-5-12)19-15(16)13(10-17-19)11-18-8-2-3-9-18/h4-7,10H,2-3,8-9,11,16H2,1H3. The molecule has 1 aliphatic rings. The molecule has 2 N–H and O–H groups in total. The Morgan fingerprint density at radius 2 is 1.84 bits per heavy atom. The van der Waals surface area contributed by atoms with Crippen molar-refractivity contribution < 1.29 is 0 Å². The molecular formula is C15H20N4. The molecule has 1 saturated heterocycles. The lowest BCUT2D eigenvalue weighted by Crippen LogP contribution is -2.19. The van der Waals surface area contributed by atoms with Crippen molar-refractivity contribution >= 4 is 5.82 Å². The van der Waals surface area contributed by atoms with Crippen LogP contribution >= 0.6 is 0 Å². The van der Waals surface area contributed by atoms with Gasteiger partial charge in [0.05, 0.1) is 11.9 Å². The van der Waals surface area contributed by atoms with Gasteiger partial charge in [-0.1, -0.05) is 17.7 Å². The molecule has 1 aromatic carbocycles. The molecule has 19 heavy (non-hydrogen) atoms. The van der Waals surface area contributed by atoms with Gasteiger partial charge in [0.15, 0.2) is 0 Å². The second-order valence-electron chi connectivity index (χ2n) is 5.29. The lowest BCUT2D eigenvalue weighted by Gasteiger charge is -2.13. The van der Waals surface area contributed by atoms with E-state index in [1.165, 1.54) is 31.5 Å². The Balaban J connectivity index is 1.83. The summed E-state index contributed by atoms with van der Waals surface area (Å²) in [5.74, 6) is 0.760. The zero-order valence-corrected chi connectivity index (χ0v) is 11.3. The number of nitrogens with two attached hydrogens (primary N) is 1. The van der Waals surface area contributed by atoms with Crippen LogP contribution in [0.15, 0.2) is 30.5 Å². The van der Waals surface area contributed by atoms with Crippen molar-refractivity contribution in [1.82, 2.24) is 14.7 Å². The molecule has 1 aromatic heterocycles. The molecule has 3 rings (SSSR count). The van der Waals surface area contributed by atoms with Crippen LogP contribution in [0, 0.1) is 6.92 Å². The van der Waals surface area contributed by atoms with Crippen molar-refractivity contribution in [2.45, 2.75) is 26.3 Å². The highest BCUT2D eigenvalue weighted by Gasteiger charge is 2.16. The summed E-state index contributed by atoms with van der Waals surface area (Å²) in [4.78, 5) is 2.44. The zero-order valence-electron chi connectivity index (χ0n) is 11.3. The molecule has 0 spiro atoms. The van der Waals surface area contributed by atoms with Crippen LogP contribution in [0.4, 0.5) is 5.82 Å². The van der Waals surface area contributed by atoms with Crippen molar-refractivity contribution in [3.8, 4) is 5.69 Å². The number of nitrogens with zero attached hydrogens (tertiary/aromatic N) is 3. The average molecular weight is 256 g/mol. The van der Waals surface area contributed by atoms with Gasteiger partial charge in [0, 0.05) is 12.1 Å². The fraction of sp³-hybridized carbons (Fsp3) is 0.400. The number of aryl methyl sites for hydroxylation is 1. The van der Waals surface area contributed by atoms with E-state index in [0.29, 0.717) is 0 Å². The Kier molecular flexibility index (Phi) is 3.25. The molecule has 1 aliphatic heterocycles. The van der Waals surface area contributed by atoms with E-state index in [-0.39, 0.29) is 0 Å². The normalized spacial score (nSPS) is 16.1. The lowest BCUT2D eigenvalue weighted by molar-refractivity contribution is 0.332.